The number of methoxy groups -OCH3 is 1. The second-order valence-corrected chi connectivity index (χ2v) is 3.45. The second-order valence-electron chi connectivity index (χ2n) is 2.64. The SMILES string of the molecule is COc1ccc2nc(Br)cnc2c1F. The molecule has 1 aromatic heterocycles. The lowest BCUT2D eigenvalue weighted by atomic mass is 10.2. The summed E-state index contributed by atoms with van der Waals surface area (Å²) in [6.07, 6.45) is 1.45. The van der Waals surface area contributed by atoms with Crippen LogP contribution in [0.1, 0.15) is 0 Å². The van der Waals surface area contributed by atoms with E-state index in [1.807, 2.05) is 0 Å². The number of halogens is 2. The minimum Gasteiger partial charge on any atom is -0.494 e. The van der Waals surface area contributed by atoms with Gasteiger partial charge in [-0.05, 0) is 28.1 Å². The fraction of sp³-hybridized carbons (Fsp3) is 0.111. The van der Waals surface area contributed by atoms with Crippen molar-refractivity contribution in [2.45, 2.75) is 0 Å². The van der Waals surface area contributed by atoms with Gasteiger partial charge in [0.05, 0.1) is 18.8 Å². The first-order valence-corrected chi connectivity index (χ1v) is 4.66. The van der Waals surface area contributed by atoms with Crippen molar-refractivity contribution in [2.24, 2.45) is 0 Å². The Balaban J connectivity index is 2.77. The highest BCUT2D eigenvalue weighted by Crippen LogP contribution is 2.24. The lowest BCUT2D eigenvalue weighted by Gasteiger charge is -2.03. The molecular formula is C9H6BrFN2O. The zero-order valence-electron chi connectivity index (χ0n) is 7.29. The average molecular weight is 257 g/mol. The van der Waals surface area contributed by atoms with Crippen molar-refractivity contribution in [3.05, 3.63) is 28.7 Å². The molecule has 0 amide bonds. The van der Waals surface area contributed by atoms with Crippen molar-refractivity contribution >= 4 is 27.0 Å². The summed E-state index contributed by atoms with van der Waals surface area (Å²) in [6, 6.07) is 3.19. The van der Waals surface area contributed by atoms with Crippen LogP contribution in [0.5, 0.6) is 5.75 Å². The Hall–Kier alpha value is -1.23. The van der Waals surface area contributed by atoms with Gasteiger partial charge < -0.3 is 4.74 Å². The summed E-state index contributed by atoms with van der Waals surface area (Å²) in [5.74, 6) is -0.306. The number of benzene rings is 1. The van der Waals surface area contributed by atoms with Crippen LogP contribution in [-0.2, 0) is 0 Å². The minimum absolute atomic E-state index is 0.175. The summed E-state index contributed by atoms with van der Waals surface area (Å²) >= 11 is 3.17. The largest absolute Gasteiger partial charge is 0.494 e. The second kappa shape index (κ2) is 3.49. The van der Waals surface area contributed by atoms with Gasteiger partial charge in [-0.1, -0.05) is 0 Å². The van der Waals surface area contributed by atoms with Crippen LogP contribution in [-0.4, -0.2) is 17.1 Å². The minimum atomic E-state index is -0.481. The number of aromatic nitrogens is 2. The molecule has 5 heteroatoms. The van der Waals surface area contributed by atoms with E-state index in [1.54, 1.807) is 6.07 Å². The molecule has 0 radical (unpaired) electrons. The lowest BCUT2D eigenvalue weighted by Crippen LogP contribution is -1.92. The van der Waals surface area contributed by atoms with Gasteiger partial charge in [0.1, 0.15) is 10.1 Å². The summed E-state index contributed by atoms with van der Waals surface area (Å²) < 4.78 is 19.0. The molecular weight excluding hydrogens is 251 g/mol. The van der Waals surface area contributed by atoms with Gasteiger partial charge >= 0.3 is 0 Å². The third kappa shape index (κ3) is 1.43. The molecule has 0 spiro atoms. The Morgan fingerprint density at radius 1 is 1.43 bits per heavy atom. The van der Waals surface area contributed by atoms with Crippen LogP contribution in [0.15, 0.2) is 22.9 Å². The first kappa shape index (κ1) is 9.33. The Bertz CT molecular complexity index is 489. The van der Waals surface area contributed by atoms with Crippen molar-refractivity contribution in [3.63, 3.8) is 0 Å². The normalized spacial score (nSPS) is 10.5. The number of hydrogen-bond donors (Lipinski definition) is 0. The molecule has 0 aliphatic heterocycles. The highest BCUT2D eigenvalue weighted by atomic mass is 79.9. The zero-order chi connectivity index (χ0) is 10.1. The van der Waals surface area contributed by atoms with Gasteiger partial charge in [-0.3, -0.25) is 0 Å². The predicted octanol–water partition coefficient (Wildman–Crippen LogP) is 2.54. The third-order valence-corrected chi connectivity index (χ3v) is 2.19. The summed E-state index contributed by atoms with van der Waals surface area (Å²) in [5, 5.41) is 0. The lowest BCUT2D eigenvalue weighted by molar-refractivity contribution is 0.388. The summed E-state index contributed by atoms with van der Waals surface area (Å²) in [4.78, 5) is 8.00. The van der Waals surface area contributed by atoms with Crippen molar-refractivity contribution in [2.75, 3.05) is 7.11 Å². The van der Waals surface area contributed by atoms with Crippen molar-refractivity contribution < 1.29 is 9.13 Å². The first-order valence-electron chi connectivity index (χ1n) is 3.87. The molecule has 0 bridgehead atoms. The van der Waals surface area contributed by atoms with Crippen molar-refractivity contribution in [1.29, 1.82) is 0 Å². The van der Waals surface area contributed by atoms with Gasteiger partial charge in [-0.25, -0.2) is 14.4 Å². The molecule has 1 heterocycles. The predicted molar refractivity (Wildman–Crippen MR) is 53.7 cm³/mol. The number of rotatable bonds is 1. The van der Waals surface area contributed by atoms with Gasteiger partial charge in [0.25, 0.3) is 0 Å². The molecule has 0 N–H and O–H groups in total. The van der Waals surface area contributed by atoms with E-state index in [0.717, 1.165) is 0 Å². The van der Waals surface area contributed by atoms with E-state index in [9.17, 15) is 4.39 Å². The van der Waals surface area contributed by atoms with Gasteiger partial charge in [-0.15, -0.1) is 0 Å². The Morgan fingerprint density at radius 3 is 2.93 bits per heavy atom. The van der Waals surface area contributed by atoms with Crippen LogP contribution < -0.4 is 4.74 Å². The molecule has 0 saturated heterocycles. The Morgan fingerprint density at radius 2 is 2.21 bits per heavy atom. The maximum absolute atomic E-state index is 13.6. The number of nitrogens with zero attached hydrogens (tertiary/aromatic N) is 2. The van der Waals surface area contributed by atoms with E-state index >= 15 is 0 Å². The van der Waals surface area contributed by atoms with Crippen molar-refractivity contribution in [3.8, 4) is 5.75 Å². The molecule has 14 heavy (non-hydrogen) atoms. The number of ether oxygens (including phenoxy) is 1. The molecule has 3 nitrogen and oxygen atoms in total. The topological polar surface area (TPSA) is 35.0 Å². The van der Waals surface area contributed by atoms with Gasteiger partial charge in [0.2, 0.25) is 0 Å². The Labute approximate surface area is 88.1 Å². The van der Waals surface area contributed by atoms with Crippen LogP contribution in [0.2, 0.25) is 0 Å². The number of fused-ring (bicyclic) bond motifs is 1. The smallest absolute Gasteiger partial charge is 0.192 e. The molecule has 2 rings (SSSR count). The van der Waals surface area contributed by atoms with Gasteiger partial charge in [-0.2, -0.15) is 0 Å². The molecule has 0 saturated carbocycles. The summed E-state index contributed by atoms with van der Waals surface area (Å²) in [7, 11) is 1.41. The maximum atomic E-state index is 13.6. The van der Waals surface area contributed by atoms with Crippen LogP contribution >= 0.6 is 15.9 Å². The van der Waals surface area contributed by atoms with E-state index in [4.69, 9.17) is 4.74 Å². The Kier molecular flexibility index (Phi) is 2.33. The van der Waals surface area contributed by atoms with Gasteiger partial charge in [0.15, 0.2) is 11.6 Å². The van der Waals surface area contributed by atoms with E-state index in [0.29, 0.717) is 10.1 Å². The van der Waals surface area contributed by atoms with Crippen molar-refractivity contribution in [1.82, 2.24) is 9.97 Å². The van der Waals surface area contributed by atoms with Crippen LogP contribution in [0.4, 0.5) is 4.39 Å². The number of hydrogen-bond acceptors (Lipinski definition) is 3. The molecule has 72 valence electrons. The fourth-order valence-electron chi connectivity index (χ4n) is 1.17. The monoisotopic (exact) mass is 256 g/mol. The fourth-order valence-corrected chi connectivity index (χ4v) is 1.46. The molecule has 0 fully saturated rings. The highest BCUT2D eigenvalue weighted by Gasteiger charge is 2.09. The highest BCUT2D eigenvalue weighted by molar-refractivity contribution is 9.10. The molecule has 0 aliphatic carbocycles. The molecule has 1 aromatic carbocycles. The standard InChI is InChI=1S/C9H6BrFN2O/c1-14-6-3-2-5-9(8(6)11)12-4-7(10)13-5/h2-4H,1H3. The van der Waals surface area contributed by atoms with E-state index in [1.165, 1.54) is 19.4 Å². The molecule has 2 aromatic rings. The summed E-state index contributed by atoms with van der Waals surface area (Å²) in [5.41, 5.74) is 0.713. The van der Waals surface area contributed by atoms with E-state index < -0.39 is 5.82 Å². The van der Waals surface area contributed by atoms with E-state index in [2.05, 4.69) is 25.9 Å². The van der Waals surface area contributed by atoms with E-state index in [-0.39, 0.29) is 11.3 Å². The first-order chi connectivity index (χ1) is 6.72. The van der Waals surface area contributed by atoms with Crippen LogP contribution in [0, 0.1) is 5.82 Å². The average Bonchev–Trinajstić information content (AvgIpc) is 2.18. The van der Waals surface area contributed by atoms with Gasteiger partial charge in [0, 0.05) is 0 Å². The summed E-state index contributed by atoms with van der Waals surface area (Å²) in [6.45, 7) is 0. The van der Waals surface area contributed by atoms with Crippen LogP contribution in [0.3, 0.4) is 0 Å². The zero-order valence-corrected chi connectivity index (χ0v) is 8.88. The molecule has 0 aliphatic rings. The quantitative estimate of drug-likeness (QED) is 0.787. The maximum Gasteiger partial charge on any atom is 0.192 e. The van der Waals surface area contributed by atoms with Crippen LogP contribution in [0.25, 0.3) is 11.0 Å². The molecule has 0 atom stereocenters. The molecule has 0 unspecified atom stereocenters. The third-order valence-electron chi connectivity index (χ3n) is 1.81.